The van der Waals surface area contributed by atoms with Crippen molar-refractivity contribution in [2.75, 3.05) is 77.2 Å². The lowest BCUT2D eigenvalue weighted by Crippen LogP contribution is -2.52. The average Bonchev–Trinajstić information content (AvgIpc) is 3.23. The van der Waals surface area contributed by atoms with Crippen LogP contribution in [0.25, 0.3) is 0 Å². The van der Waals surface area contributed by atoms with Gasteiger partial charge >= 0.3 is 0 Å². The van der Waals surface area contributed by atoms with Crippen molar-refractivity contribution in [1.29, 1.82) is 0 Å². The summed E-state index contributed by atoms with van der Waals surface area (Å²) in [4.78, 5) is 31.2. The van der Waals surface area contributed by atoms with Gasteiger partial charge in [0.05, 0.1) is 31.3 Å². The molecule has 34 heavy (non-hydrogen) atoms. The van der Waals surface area contributed by atoms with Crippen molar-refractivity contribution in [2.45, 2.75) is 19.4 Å². The third-order valence-corrected chi connectivity index (χ3v) is 8.28. The van der Waals surface area contributed by atoms with Crippen LogP contribution in [0.4, 0.5) is 0 Å². The van der Waals surface area contributed by atoms with Gasteiger partial charge in [0.25, 0.3) is 11.8 Å². The second-order valence-corrected chi connectivity index (χ2v) is 11.0. The summed E-state index contributed by atoms with van der Waals surface area (Å²) in [7, 11) is -2.93. The maximum atomic E-state index is 13.1. The molecule has 0 spiro atoms. The minimum absolute atomic E-state index is 0.0587. The van der Waals surface area contributed by atoms with Crippen LogP contribution >= 0.6 is 0 Å². The van der Waals surface area contributed by atoms with Crippen LogP contribution in [0, 0.1) is 0 Å². The molecule has 3 fully saturated rings. The van der Waals surface area contributed by atoms with Crippen molar-refractivity contribution < 1.29 is 32.2 Å². The van der Waals surface area contributed by atoms with Crippen LogP contribution in [-0.2, 0) is 19.4 Å². The van der Waals surface area contributed by atoms with Crippen molar-refractivity contribution in [3.63, 3.8) is 0 Å². The van der Waals surface area contributed by atoms with E-state index in [4.69, 9.17) is 14.2 Å². The van der Waals surface area contributed by atoms with E-state index in [1.807, 2.05) is 6.92 Å². The maximum Gasteiger partial charge on any atom is 0.260 e. The fourth-order valence-corrected chi connectivity index (χ4v) is 6.37. The van der Waals surface area contributed by atoms with Crippen LogP contribution in [0.3, 0.4) is 0 Å². The van der Waals surface area contributed by atoms with E-state index in [1.54, 1.807) is 28.0 Å². The number of hydrogen-bond acceptors (Lipinski definition) is 8. The van der Waals surface area contributed by atoms with Crippen LogP contribution in [0.2, 0.25) is 0 Å². The number of nitrogens with zero attached hydrogens (tertiary/aromatic N) is 3. The highest BCUT2D eigenvalue weighted by atomic mass is 32.2. The third-order valence-electron chi connectivity index (χ3n) is 6.53. The summed E-state index contributed by atoms with van der Waals surface area (Å²) in [6, 6.07) is 5.08. The Morgan fingerprint density at radius 3 is 2.38 bits per heavy atom. The molecule has 0 unspecified atom stereocenters. The summed E-state index contributed by atoms with van der Waals surface area (Å²) < 4.78 is 40.3. The second-order valence-electron chi connectivity index (χ2n) is 8.76. The largest absolute Gasteiger partial charge is 0.490 e. The average molecular weight is 496 g/mol. The quantitative estimate of drug-likeness (QED) is 0.531. The molecule has 1 aromatic rings. The van der Waals surface area contributed by atoms with Gasteiger partial charge in [-0.15, -0.1) is 0 Å². The van der Waals surface area contributed by atoms with Gasteiger partial charge in [0.15, 0.2) is 27.9 Å². The van der Waals surface area contributed by atoms with E-state index in [2.05, 4.69) is 4.90 Å². The molecule has 3 aliphatic heterocycles. The number of amides is 2. The number of benzene rings is 1. The predicted molar refractivity (Wildman–Crippen MR) is 125 cm³/mol. The highest BCUT2D eigenvalue weighted by Gasteiger charge is 2.34. The molecule has 3 heterocycles. The summed E-state index contributed by atoms with van der Waals surface area (Å²) >= 11 is 0. The lowest BCUT2D eigenvalue weighted by atomic mass is 10.1. The molecule has 2 amide bonds. The van der Waals surface area contributed by atoms with Gasteiger partial charge in [-0.05, 0) is 31.5 Å². The van der Waals surface area contributed by atoms with Crippen molar-refractivity contribution in [3.05, 3.63) is 23.8 Å². The predicted octanol–water partition coefficient (Wildman–Crippen LogP) is 0.268. The number of carbonyl (C=O) groups excluding carboxylic acids is 2. The number of piperazine rings is 1. The molecule has 0 radical (unpaired) electrons. The molecule has 0 aromatic heterocycles. The first-order chi connectivity index (χ1) is 16.4. The number of morpholine rings is 1. The summed E-state index contributed by atoms with van der Waals surface area (Å²) in [5.74, 6) is 1.11. The highest BCUT2D eigenvalue weighted by Crippen LogP contribution is 2.29. The second kappa shape index (κ2) is 10.9. The van der Waals surface area contributed by atoms with Gasteiger partial charge < -0.3 is 24.0 Å². The molecule has 0 N–H and O–H groups in total. The first kappa shape index (κ1) is 24.7. The molecule has 1 aromatic carbocycles. The van der Waals surface area contributed by atoms with Gasteiger partial charge in [-0.2, -0.15) is 0 Å². The van der Waals surface area contributed by atoms with Gasteiger partial charge in [0.1, 0.15) is 0 Å². The first-order valence-corrected chi connectivity index (χ1v) is 13.7. The number of rotatable bonds is 7. The Hall–Kier alpha value is -2.37. The van der Waals surface area contributed by atoms with Gasteiger partial charge in [-0.1, -0.05) is 0 Å². The van der Waals surface area contributed by atoms with Crippen LogP contribution < -0.4 is 9.47 Å². The van der Waals surface area contributed by atoms with E-state index in [9.17, 15) is 18.0 Å². The maximum absolute atomic E-state index is 13.1. The Labute approximate surface area is 200 Å². The normalized spacial score (nSPS) is 23.0. The van der Waals surface area contributed by atoms with Crippen molar-refractivity contribution >= 4 is 21.7 Å². The lowest BCUT2D eigenvalue weighted by Gasteiger charge is -2.37. The molecule has 1 atom stereocenters. The molecule has 3 aliphatic rings. The molecular weight excluding hydrogens is 462 g/mol. The molecular formula is C23H33N3O7S. The van der Waals surface area contributed by atoms with Crippen LogP contribution in [0.15, 0.2) is 18.2 Å². The van der Waals surface area contributed by atoms with Gasteiger partial charge in [-0.3, -0.25) is 14.5 Å². The SMILES string of the molecule is CCOc1cc(C(=O)N2CCN([C@H]3CCS(=O)(=O)C3)CC2)ccc1OCC(=O)N1CCOCC1. The monoisotopic (exact) mass is 495 g/mol. The van der Waals surface area contributed by atoms with E-state index in [1.165, 1.54) is 0 Å². The zero-order valence-electron chi connectivity index (χ0n) is 19.6. The Morgan fingerprint density at radius 1 is 1.00 bits per heavy atom. The lowest BCUT2D eigenvalue weighted by molar-refractivity contribution is -0.137. The van der Waals surface area contributed by atoms with Crippen LogP contribution in [0.1, 0.15) is 23.7 Å². The van der Waals surface area contributed by atoms with E-state index >= 15 is 0 Å². The van der Waals surface area contributed by atoms with Crippen molar-refractivity contribution in [3.8, 4) is 11.5 Å². The zero-order chi connectivity index (χ0) is 24.1. The number of hydrogen-bond donors (Lipinski definition) is 0. The Morgan fingerprint density at radius 2 is 1.74 bits per heavy atom. The highest BCUT2D eigenvalue weighted by molar-refractivity contribution is 7.91. The molecule has 0 bridgehead atoms. The molecule has 3 saturated heterocycles. The minimum atomic E-state index is -2.93. The molecule has 4 rings (SSSR count). The zero-order valence-corrected chi connectivity index (χ0v) is 20.4. The molecule has 0 aliphatic carbocycles. The Kier molecular flexibility index (Phi) is 7.95. The van der Waals surface area contributed by atoms with E-state index < -0.39 is 9.84 Å². The van der Waals surface area contributed by atoms with Gasteiger partial charge in [0.2, 0.25) is 0 Å². The number of ether oxygens (including phenoxy) is 3. The standard InChI is InChI=1S/C23H33N3O7S/c1-2-32-21-15-18(3-4-20(21)33-16-22(27)25-10-12-31-13-11-25)23(28)26-8-6-24(7-9-26)19-5-14-34(29,30)17-19/h3-4,15,19H,2,5-14,16-17H2,1H3/t19-/m0/s1. The first-order valence-electron chi connectivity index (χ1n) is 11.8. The topological polar surface area (TPSA) is 106 Å². The minimum Gasteiger partial charge on any atom is -0.490 e. The van der Waals surface area contributed by atoms with Crippen LogP contribution in [0.5, 0.6) is 11.5 Å². The summed E-state index contributed by atoms with van der Waals surface area (Å²) in [6.07, 6.45) is 0.670. The van der Waals surface area contributed by atoms with Gasteiger partial charge in [-0.25, -0.2) is 8.42 Å². The fraction of sp³-hybridized carbons (Fsp3) is 0.652. The number of sulfone groups is 1. The van der Waals surface area contributed by atoms with E-state index in [-0.39, 0.29) is 36.0 Å². The Balaban J connectivity index is 1.34. The molecule has 188 valence electrons. The summed E-state index contributed by atoms with van der Waals surface area (Å²) in [5, 5.41) is 0. The van der Waals surface area contributed by atoms with Crippen molar-refractivity contribution in [2.24, 2.45) is 0 Å². The summed E-state index contributed by atoms with van der Waals surface area (Å²) in [6.45, 7) is 6.72. The smallest absolute Gasteiger partial charge is 0.260 e. The van der Waals surface area contributed by atoms with Crippen LogP contribution in [-0.4, -0.2) is 118 Å². The third kappa shape index (κ3) is 6.00. The van der Waals surface area contributed by atoms with E-state index in [0.717, 1.165) is 0 Å². The fourth-order valence-electron chi connectivity index (χ4n) is 4.61. The molecule has 10 nitrogen and oxygen atoms in total. The Bertz CT molecular complexity index is 986. The molecule has 11 heteroatoms. The number of carbonyl (C=O) groups is 2. The molecule has 0 saturated carbocycles. The summed E-state index contributed by atoms with van der Waals surface area (Å²) in [5.41, 5.74) is 0.493. The van der Waals surface area contributed by atoms with E-state index in [0.29, 0.717) is 82.6 Å². The van der Waals surface area contributed by atoms with Crippen molar-refractivity contribution in [1.82, 2.24) is 14.7 Å². The van der Waals surface area contributed by atoms with Gasteiger partial charge in [0, 0.05) is 50.9 Å².